The first-order valence-corrected chi connectivity index (χ1v) is 6.82. The SMILES string of the molecule is COC(=O)CCCCCNc1cnc2ccccc2n1. The Kier molecular flexibility index (Phi) is 5.29. The van der Waals surface area contributed by atoms with Gasteiger partial charge in [-0.05, 0) is 25.0 Å². The third-order valence-electron chi connectivity index (χ3n) is 3.04. The summed E-state index contributed by atoms with van der Waals surface area (Å²) in [6.45, 7) is 0.828. The number of nitrogens with one attached hydrogen (secondary N) is 1. The first-order valence-electron chi connectivity index (χ1n) is 6.82. The highest BCUT2D eigenvalue weighted by molar-refractivity contribution is 5.75. The van der Waals surface area contributed by atoms with Gasteiger partial charge in [0, 0.05) is 13.0 Å². The standard InChI is InChI=1S/C15H19N3O2/c1-20-15(19)9-3-2-6-10-16-14-11-17-12-7-4-5-8-13(12)18-14/h4-5,7-8,11H,2-3,6,9-10H2,1H3,(H,16,18). The highest BCUT2D eigenvalue weighted by Gasteiger charge is 2.00. The summed E-state index contributed by atoms with van der Waals surface area (Å²) < 4.78 is 4.59. The van der Waals surface area contributed by atoms with Crippen molar-refractivity contribution >= 4 is 22.8 Å². The Morgan fingerprint density at radius 1 is 1.20 bits per heavy atom. The van der Waals surface area contributed by atoms with E-state index in [0.29, 0.717) is 6.42 Å². The van der Waals surface area contributed by atoms with Crippen LogP contribution in [0.2, 0.25) is 0 Å². The molecular weight excluding hydrogens is 254 g/mol. The number of aromatic nitrogens is 2. The fraction of sp³-hybridized carbons (Fsp3) is 0.400. The van der Waals surface area contributed by atoms with Crippen molar-refractivity contribution < 1.29 is 9.53 Å². The number of para-hydroxylation sites is 2. The van der Waals surface area contributed by atoms with Crippen LogP contribution in [0.25, 0.3) is 11.0 Å². The third kappa shape index (κ3) is 4.19. The van der Waals surface area contributed by atoms with Gasteiger partial charge in [0.15, 0.2) is 0 Å². The van der Waals surface area contributed by atoms with E-state index in [-0.39, 0.29) is 5.97 Å². The van der Waals surface area contributed by atoms with Gasteiger partial charge in [-0.15, -0.1) is 0 Å². The minimum atomic E-state index is -0.140. The summed E-state index contributed by atoms with van der Waals surface area (Å²) in [5.41, 5.74) is 1.79. The molecule has 0 aliphatic heterocycles. The highest BCUT2D eigenvalue weighted by Crippen LogP contribution is 2.11. The highest BCUT2D eigenvalue weighted by atomic mass is 16.5. The van der Waals surface area contributed by atoms with Crippen molar-refractivity contribution in [1.82, 2.24) is 9.97 Å². The predicted octanol–water partition coefficient (Wildman–Crippen LogP) is 2.78. The van der Waals surface area contributed by atoms with E-state index in [1.54, 1.807) is 6.20 Å². The van der Waals surface area contributed by atoms with Crippen LogP contribution in [0.1, 0.15) is 25.7 Å². The Hall–Kier alpha value is -2.17. The maximum atomic E-state index is 10.9. The largest absolute Gasteiger partial charge is 0.469 e. The minimum absolute atomic E-state index is 0.140. The number of nitrogens with zero attached hydrogens (tertiary/aromatic N) is 2. The maximum absolute atomic E-state index is 10.9. The van der Waals surface area contributed by atoms with E-state index in [9.17, 15) is 4.79 Å². The number of carbonyl (C=O) groups is 1. The van der Waals surface area contributed by atoms with Crippen molar-refractivity contribution in [3.8, 4) is 0 Å². The number of hydrogen-bond donors (Lipinski definition) is 1. The van der Waals surface area contributed by atoms with Crippen molar-refractivity contribution in [3.63, 3.8) is 0 Å². The van der Waals surface area contributed by atoms with E-state index in [4.69, 9.17) is 0 Å². The minimum Gasteiger partial charge on any atom is -0.469 e. The lowest BCUT2D eigenvalue weighted by Gasteiger charge is -2.06. The van der Waals surface area contributed by atoms with Crippen LogP contribution >= 0.6 is 0 Å². The van der Waals surface area contributed by atoms with Gasteiger partial charge >= 0.3 is 5.97 Å². The summed E-state index contributed by atoms with van der Waals surface area (Å²) in [4.78, 5) is 19.8. The second-order valence-corrected chi connectivity index (χ2v) is 4.56. The van der Waals surface area contributed by atoms with E-state index in [0.717, 1.165) is 42.7 Å². The molecule has 0 atom stereocenters. The topological polar surface area (TPSA) is 64.1 Å². The van der Waals surface area contributed by atoms with Crippen LogP contribution in [0.3, 0.4) is 0 Å². The maximum Gasteiger partial charge on any atom is 0.305 e. The molecule has 1 N–H and O–H groups in total. The molecule has 1 aromatic heterocycles. The molecule has 0 saturated heterocycles. The zero-order valence-electron chi connectivity index (χ0n) is 11.6. The van der Waals surface area contributed by atoms with Gasteiger partial charge in [0.25, 0.3) is 0 Å². The monoisotopic (exact) mass is 273 g/mol. The summed E-state index contributed by atoms with van der Waals surface area (Å²) in [6.07, 6.45) is 5.08. The Balaban J connectivity index is 1.72. The molecule has 5 nitrogen and oxygen atoms in total. The molecule has 0 aliphatic carbocycles. The Labute approximate surface area is 118 Å². The fourth-order valence-electron chi connectivity index (χ4n) is 1.93. The molecule has 0 bridgehead atoms. The fourth-order valence-corrected chi connectivity index (χ4v) is 1.93. The van der Waals surface area contributed by atoms with Crippen LogP contribution in [0.15, 0.2) is 30.5 Å². The van der Waals surface area contributed by atoms with Crippen molar-refractivity contribution in [2.24, 2.45) is 0 Å². The molecule has 1 aromatic carbocycles. The van der Waals surface area contributed by atoms with E-state index >= 15 is 0 Å². The van der Waals surface area contributed by atoms with Gasteiger partial charge in [-0.25, -0.2) is 4.98 Å². The molecule has 0 unspecified atom stereocenters. The second kappa shape index (κ2) is 7.43. The van der Waals surface area contributed by atoms with E-state index in [1.807, 2.05) is 24.3 Å². The number of fused-ring (bicyclic) bond motifs is 1. The number of methoxy groups -OCH3 is 1. The van der Waals surface area contributed by atoms with Crippen molar-refractivity contribution in [3.05, 3.63) is 30.5 Å². The molecule has 106 valence electrons. The first-order chi connectivity index (χ1) is 9.79. The molecule has 2 rings (SSSR count). The predicted molar refractivity (Wildman–Crippen MR) is 78.5 cm³/mol. The molecule has 20 heavy (non-hydrogen) atoms. The third-order valence-corrected chi connectivity index (χ3v) is 3.04. The average Bonchev–Trinajstić information content (AvgIpc) is 2.50. The van der Waals surface area contributed by atoms with Gasteiger partial charge < -0.3 is 10.1 Å². The molecule has 0 amide bonds. The number of hydrogen-bond acceptors (Lipinski definition) is 5. The molecule has 2 aromatic rings. The molecular formula is C15H19N3O2. The Bertz CT molecular complexity index is 572. The molecule has 0 saturated carbocycles. The second-order valence-electron chi connectivity index (χ2n) is 4.56. The summed E-state index contributed by atoms with van der Waals surface area (Å²) in [7, 11) is 1.42. The van der Waals surface area contributed by atoms with Crippen LogP contribution < -0.4 is 5.32 Å². The summed E-state index contributed by atoms with van der Waals surface area (Å²) >= 11 is 0. The summed E-state index contributed by atoms with van der Waals surface area (Å²) in [6, 6.07) is 7.79. The van der Waals surface area contributed by atoms with E-state index in [2.05, 4.69) is 20.0 Å². The molecule has 0 aliphatic rings. The van der Waals surface area contributed by atoms with Gasteiger partial charge in [0.2, 0.25) is 0 Å². The molecule has 1 heterocycles. The smallest absolute Gasteiger partial charge is 0.305 e. The average molecular weight is 273 g/mol. The molecule has 0 fully saturated rings. The van der Waals surface area contributed by atoms with Crippen LogP contribution in [-0.4, -0.2) is 29.6 Å². The quantitative estimate of drug-likeness (QED) is 0.620. The number of unbranched alkanes of at least 4 members (excludes halogenated alkanes) is 2. The van der Waals surface area contributed by atoms with Crippen molar-refractivity contribution in [1.29, 1.82) is 0 Å². The van der Waals surface area contributed by atoms with E-state index < -0.39 is 0 Å². The van der Waals surface area contributed by atoms with Crippen LogP contribution in [0, 0.1) is 0 Å². The normalized spacial score (nSPS) is 10.4. The molecule has 0 radical (unpaired) electrons. The van der Waals surface area contributed by atoms with Gasteiger partial charge in [-0.1, -0.05) is 18.6 Å². The van der Waals surface area contributed by atoms with Crippen LogP contribution in [0.5, 0.6) is 0 Å². The van der Waals surface area contributed by atoms with Crippen molar-refractivity contribution in [2.45, 2.75) is 25.7 Å². The number of anilines is 1. The Morgan fingerprint density at radius 2 is 2.00 bits per heavy atom. The molecule has 0 spiro atoms. The van der Waals surface area contributed by atoms with Gasteiger partial charge in [-0.2, -0.15) is 0 Å². The number of rotatable bonds is 7. The first kappa shape index (κ1) is 14.2. The number of carbonyl (C=O) groups excluding carboxylic acids is 1. The molecule has 5 heteroatoms. The lowest BCUT2D eigenvalue weighted by Crippen LogP contribution is -2.05. The number of esters is 1. The van der Waals surface area contributed by atoms with Gasteiger partial charge in [-0.3, -0.25) is 9.78 Å². The van der Waals surface area contributed by atoms with Crippen LogP contribution in [-0.2, 0) is 9.53 Å². The number of ether oxygens (including phenoxy) is 1. The summed E-state index contributed by atoms with van der Waals surface area (Å²) in [5, 5.41) is 3.25. The van der Waals surface area contributed by atoms with E-state index in [1.165, 1.54) is 7.11 Å². The van der Waals surface area contributed by atoms with Gasteiger partial charge in [0.1, 0.15) is 5.82 Å². The zero-order chi connectivity index (χ0) is 14.2. The lowest BCUT2D eigenvalue weighted by molar-refractivity contribution is -0.140. The lowest BCUT2D eigenvalue weighted by atomic mass is 10.2. The summed E-state index contributed by atoms with van der Waals surface area (Å²) in [5.74, 6) is 0.648. The van der Waals surface area contributed by atoms with Crippen LogP contribution in [0.4, 0.5) is 5.82 Å². The van der Waals surface area contributed by atoms with Gasteiger partial charge in [0.05, 0.1) is 24.3 Å². The van der Waals surface area contributed by atoms with Crippen molar-refractivity contribution in [2.75, 3.05) is 19.0 Å². The zero-order valence-corrected chi connectivity index (χ0v) is 11.6. The Morgan fingerprint density at radius 3 is 2.80 bits per heavy atom. The number of benzene rings is 1.